The van der Waals surface area contributed by atoms with Crippen LogP contribution >= 0.6 is 0 Å². The fourth-order valence-corrected chi connectivity index (χ4v) is 6.53. The minimum Gasteiger partial charge on any atom is -0.321 e. The van der Waals surface area contributed by atoms with Crippen LogP contribution in [0.15, 0.2) is 175 Å². The van der Waals surface area contributed by atoms with Gasteiger partial charge in [0.1, 0.15) is 0 Å². The Kier molecular flexibility index (Phi) is 7.18. The molecular formula is C44H32N2. The molecule has 0 saturated carbocycles. The molecule has 0 radical (unpaired) electrons. The van der Waals surface area contributed by atoms with E-state index in [1.54, 1.807) is 0 Å². The van der Waals surface area contributed by atoms with Crippen molar-refractivity contribution in [1.82, 2.24) is 0 Å². The lowest BCUT2D eigenvalue weighted by atomic mass is 9.93. The Balaban J connectivity index is 1.31. The van der Waals surface area contributed by atoms with Crippen molar-refractivity contribution in [2.75, 3.05) is 0 Å². The van der Waals surface area contributed by atoms with Crippen molar-refractivity contribution in [2.24, 2.45) is 10.7 Å². The van der Waals surface area contributed by atoms with Gasteiger partial charge in [0.05, 0.1) is 11.7 Å². The highest BCUT2D eigenvalue weighted by Crippen LogP contribution is 2.34. The Morgan fingerprint density at radius 3 is 2.00 bits per heavy atom. The third-order valence-electron chi connectivity index (χ3n) is 8.89. The molecule has 0 aliphatic carbocycles. The summed E-state index contributed by atoms with van der Waals surface area (Å²) >= 11 is 0. The second-order valence-corrected chi connectivity index (χ2v) is 11.8. The van der Waals surface area contributed by atoms with E-state index in [1.807, 2.05) is 24.4 Å². The largest absolute Gasteiger partial charge is 0.321 e. The van der Waals surface area contributed by atoms with Gasteiger partial charge in [0, 0.05) is 17.3 Å². The summed E-state index contributed by atoms with van der Waals surface area (Å²) in [5, 5.41) is 9.66. The van der Waals surface area contributed by atoms with Gasteiger partial charge < -0.3 is 5.73 Å². The van der Waals surface area contributed by atoms with Crippen molar-refractivity contribution in [3.63, 3.8) is 0 Å². The lowest BCUT2D eigenvalue weighted by molar-refractivity contribution is 0.911. The number of nitrogens with zero attached hydrogens (tertiary/aromatic N) is 1. The SMILES string of the molecule is NC(/C=C(\N=Cc1c2ccccc2cc2ccc3ccccc3c12)c1cccc(-c2ccc3ccccc3c2)c1)c1ccccc1. The van der Waals surface area contributed by atoms with Crippen molar-refractivity contribution >= 4 is 55.0 Å². The van der Waals surface area contributed by atoms with Crippen molar-refractivity contribution in [2.45, 2.75) is 6.04 Å². The second-order valence-electron chi connectivity index (χ2n) is 11.8. The first-order valence-corrected chi connectivity index (χ1v) is 15.7. The van der Waals surface area contributed by atoms with Gasteiger partial charge >= 0.3 is 0 Å². The molecule has 1 unspecified atom stereocenters. The van der Waals surface area contributed by atoms with Gasteiger partial charge in [-0.05, 0) is 84.1 Å². The number of aliphatic imine (C=N–C) groups is 1. The molecule has 2 heteroatoms. The van der Waals surface area contributed by atoms with Gasteiger partial charge in [-0.3, -0.25) is 4.99 Å². The molecule has 218 valence electrons. The number of rotatable bonds is 6. The van der Waals surface area contributed by atoms with E-state index >= 15 is 0 Å². The first-order chi connectivity index (χ1) is 22.7. The smallest absolute Gasteiger partial charge is 0.0681 e. The van der Waals surface area contributed by atoms with E-state index in [0.717, 1.165) is 28.0 Å². The normalized spacial score (nSPS) is 12.8. The number of nitrogens with two attached hydrogens (primary N) is 1. The molecular weight excluding hydrogens is 556 g/mol. The van der Waals surface area contributed by atoms with E-state index in [4.69, 9.17) is 10.7 Å². The van der Waals surface area contributed by atoms with Crippen LogP contribution in [0.3, 0.4) is 0 Å². The Labute approximate surface area is 268 Å². The van der Waals surface area contributed by atoms with E-state index in [-0.39, 0.29) is 6.04 Å². The van der Waals surface area contributed by atoms with Crippen LogP contribution in [-0.2, 0) is 0 Å². The zero-order valence-electron chi connectivity index (χ0n) is 25.3. The molecule has 0 saturated heterocycles. The van der Waals surface area contributed by atoms with Crippen LogP contribution in [-0.4, -0.2) is 6.21 Å². The van der Waals surface area contributed by atoms with Crippen LogP contribution in [0.4, 0.5) is 0 Å². The average molecular weight is 589 g/mol. The number of fused-ring (bicyclic) bond motifs is 5. The Bertz CT molecular complexity index is 2440. The van der Waals surface area contributed by atoms with E-state index in [1.165, 1.54) is 48.7 Å². The Morgan fingerprint density at radius 1 is 0.500 bits per heavy atom. The molecule has 0 spiro atoms. The molecule has 46 heavy (non-hydrogen) atoms. The van der Waals surface area contributed by atoms with Crippen molar-refractivity contribution < 1.29 is 0 Å². The van der Waals surface area contributed by atoms with Gasteiger partial charge in [-0.2, -0.15) is 0 Å². The monoisotopic (exact) mass is 588 g/mol. The van der Waals surface area contributed by atoms with Gasteiger partial charge in [-0.25, -0.2) is 0 Å². The highest BCUT2D eigenvalue weighted by atomic mass is 14.7. The third-order valence-corrected chi connectivity index (χ3v) is 8.89. The zero-order valence-corrected chi connectivity index (χ0v) is 25.3. The Morgan fingerprint density at radius 2 is 1.15 bits per heavy atom. The molecule has 8 aromatic carbocycles. The first-order valence-electron chi connectivity index (χ1n) is 15.7. The predicted molar refractivity (Wildman–Crippen MR) is 197 cm³/mol. The maximum absolute atomic E-state index is 6.82. The molecule has 8 rings (SSSR count). The summed E-state index contributed by atoms with van der Waals surface area (Å²) in [7, 11) is 0. The van der Waals surface area contributed by atoms with Crippen LogP contribution in [0.2, 0.25) is 0 Å². The van der Waals surface area contributed by atoms with Gasteiger partial charge in [-0.15, -0.1) is 0 Å². The van der Waals surface area contributed by atoms with Gasteiger partial charge in [0.15, 0.2) is 0 Å². The summed E-state index contributed by atoms with van der Waals surface area (Å²) in [5.74, 6) is 0. The molecule has 0 aliphatic rings. The quantitative estimate of drug-likeness (QED) is 0.117. The fraction of sp³-hybridized carbons (Fsp3) is 0.0227. The molecule has 2 nitrogen and oxygen atoms in total. The summed E-state index contributed by atoms with van der Waals surface area (Å²) in [6, 6.07) is 57.5. The first kappa shape index (κ1) is 27.7. The van der Waals surface area contributed by atoms with E-state index in [0.29, 0.717) is 0 Å². The highest BCUT2D eigenvalue weighted by Gasteiger charge is 2.12. The minimum absolute atomic E-state index is 0.317. The molecule has 1 atom stereocenters. The topological polar surface area (TPSA) is 38.4 Å². The van der Waals surface area contributed by atoms with E-state index in [2.05, 4.69) is 152 Å². The van der Waals surface area contributed by atoms with Crippen LogP contribution in [0.1, 0.15) is 22.7 Å². The number of hydrogen-bond acceptors (Lipinski definition) is 2. The van der Waals surface area contributed by atoms with Crippen molar-refractivity contribution in [3.05, 3.63) is 187 Å². The average Bonchev–Trinajstić information content (AvgIpc) is 3.12. The molecule has 2 N–H and O–H groups in total. The molecule has 0 aliphatic heterocycles. The van der Waals surface area contributed by atoms with Crippen LogP contribution in [0.25, 0.3) is 59.9 Å². The summed E-state index contributed by atoms with van der Waals surface area (Å²) in [5.41, 5.74) is 13.1. The highest BCUT2D eigenvalue weighted by molar-refractivity contribution is 6.22. The van der Waals surface area contributed by atoms with Crippen molar-refractivity contribution in [1.29, 1.82) is 0 Å². The lowest BCUT2D eigenvalue weighted by Gasteiger charge is -2.13. The third kappa shape index (κ3) is 5.26. The fourth-order valence-electron chi connectivity index (χ4n) is 6.53. The molecule has 0 fully saturated rings. The van der Waals surface area contributed by atoms with Gasteiger partial charge in [0.25, 0.3) is 0 Å². The molecule has 0 heterocycles. The lowest BCUT2D eigenvalue weighted by Crippen LogP contribution is -2.07. The van der Waals surface area contributed by atoms with Gasteiger partial charge in [0.2, 0.25) is 0 Å². The Hall–Kier alpha value is -5.83. The summed E-state index contributed by atoms with van der Waals surface area (Å²) in [4.78, 5) is 5.28. The number of hydrogen-bond donors (Lipinski definition) is 1. The van der Waals surface area contributed by atoms with Crippen molar-refractivity contribution in [3.8, 4) is 11.1 Å². The molecule has 8 aromatic rings. The van der Waals surface area contributed by atoms with Crippen LogP contribution in [0, 0.1) is 0 Å². The molecule has 0 aromatic heterocycles. The minimum atomic E-state index is -0.317. The molecule has 0 amide bonds. The predicted octanol–water partition coefficient (Wildman–Crippen LogP) is 11.1. The maximum atomic E-state index is 6.82. The second kappa shape index (κ2) is 11.9. The van der Waals surface area contributed by atoms with Gasteiger partial charge in [-0.1, -0.05) is 146 Å². The zero-order chi connectivity index (χ0) is 30.9. The molecule has 0 bridgehead atoms. The summed E-state index contributed by atoms with van der Waals surface area (Å²) in [6.45, 7) is 0. The summed E-state index contributed by atoms with van der Waals surface area (Å²) in [6.07, 6.45) is 4.13. The van der Waals surface area contributed by atoms with E-state index in [9.17, 15) is 0 Å². The standard InChI is InChI=1S/C44H32N2/c45-42(32-13-2-1-3-14-32)28-43(37-18-10-17-34(26-37)35-23-21-30-11-4-5-15-33(30)25-35)46-29-41-39-19-8-7-16-36(39)27-38-24-22-31-12-6-9-20-40(31)44(38)41/h1-29,42H,45H2/b43-28-,46-29?. The van der Waals surface area contributed by atoms with Crippen LogP contribution in [0.5, 0.6) is 0 Å². The summed E-state index contributed by atoms with van der Waals surface area (Å²) < 4.78 is 0. The number of benzene rings is 8. The maximum Gasteiger partial charge on any atom is 0.0681 e. The van der Waals surface area contributed by atoms with Crippen LogP contribution < -0.4 is 5.73 Å². The van der Waals surface area contributed by atoms with E-state index < -0.39 is 0 Å².